The van der Waals surface area contributed by atoms with Crippen LogP contribution in [-0.2, 0) is 4.79 Å². The molecular weight excluding hydrogens is 304 g/mol. The second-order valence-corrected chi connectivity index (χ2v) is 5.87. The van der Waals surface area contributed by atoms with Crippen LogP contribution in [0.2, 0.25) is 0 Å². The number of carbonyl (C=O) groups is 1. The van der Waals surface area contributed by atoms with Gasteiger partial charge in [0.05, 0.1) is 17.3 Å². The lowest BCUT2D eigenvalue weighted by atomic mass is 10.1. The molecule has 0 aliphatic carbocycles. The van der Waals surface area contributed by atoms with E-state index in [9.17, 15) is 4.79 Å². The Bertz CT molecular complexity index is 855. The highest BCUT2D eigenvalue weighted by atomic mass is 16.1. The molecule has 0 fully saturated rings. The van der Waals surface area contributed by atoms with Crippen LogP contribution in [0.1, 0.15) is 26.7 Å². The van der Waals surface area contributed by atoms with E-state index < -0.39 is 0 Å². The molecule has 0 saturated heterocycles. The SMILES string of the molecule is CCC(C)CC(=O)Nc1ccc(-n2ncc3c(N)ncnc32)cc1. The highest BCUT2D eigenvalue weighted by molar-refractivity contribution is 5.91. The van der Waals surface area contributed by atoms with Gasteiger partial charge < -0.3 is 11.1 Å². The highest BCUT2D eigenvalue weighted by Crippen LogP contribution is 2.21. The van der Waals surface area contributed by atoms with Gasteiger partial charge in [-0.3, -0.25) is 4.79 Å². The van der Waals surface area contributed by atoms with Gasteiger partial charge in [0, 0.05) is 12.1 Å². The molecule has 124 valence electrons. The van der Waals surface area contributed by atoms with Gasteiger partial charge in [0.15, 0.2) is 5.65 Å². The molecule has 3 rings (SSSR count). The van der Waals surface area contributed by atoms with E-state index in [0.29, 0.717) is 29.2 Å². The van der Waals surface area contributed by atoms with Gasteiger partial charge in [-0.2, -0.15) is 5.10 Å². The van der Waals surface area contributed by atoms with Crippen molar-refractivity contribution in [3.63, 3.8) is 0 Å². The Morgan fingerprint density at radius 1 is 1.29 bits per heavy atom. The van der Waals surface area contributed by atoms with Crippen molar-refractivity contribution in [2.75, 3.05) is 11.1 Å². The maximum absolute atomic E-state index is 11.9. The molecule has 0 spiro atoms. The van der Waals surface area contributed by atoms with Gasteiger partial charge in [-0.15, -0.1) is 0 Å². The predicted molar refractivity (Wildman–Crippen MR) is 93.8 cm³/mol. The molecule has 0 saturated carbocycles. The van der Waals surface area contributed by atoms with Crippen LogP contribution in [0.3, 0.4) is 0 Å². The summed E-state index contributed by atoms with van der Waals surface area (Å²) < 4.78 is 1.69. The van der Waals surface area contributed by atoms with E-state index in [0.717, 1.165) is 17.8 Å². The zero-order chi connectivity index (χ0) is 17.1. The number of amides is 1. The summed E-state index contributed by atoms with van der Waals surface area (Å²) in [5, 5.41) is 7.94. The predicted octanol–water partition coefficient (Wildman–Crippen LogP) is 2.77. The number of nitrogen functional groups attached to an aromatic ring is 1. The van der Waals surface area contributed by atoms with E-state index >= 15 is 0 Å². The summed E-state index contributed by atoms with van der Waals surface area (Å²) in [6.45, 7) is 4.15. The fraction of sp³-hybridized carbons (Fsp3) is 0.294. The standard InChI is InChI=1S/C17H20N6O/c1-3-11(2)8-15(24)22-12-4-6-13(7-5-12)23-17-14(9-21-23)16(18)19-10-20-17/h4-7,9-11H,3,8H2,1-2H3,(H,22,24)(H2,18,19,20). The second-order valence-electron chi connectivity index (χ2n) is 5.87. The number of nitrogens with two attached hydrogens (primary N) is 1. The van der Waals surface area contributed by atoms with E-state index in [1.165, 1.54) is 6.33 Å². The molecule has 24 heavy (non-hydrogen) atoms. The first-order chi connectivity index (χ1) is 11.6. The van der Waals surface area contributed by atoms with E-state index in [-0.39, 0.29) is 5.91 Å². The molecule has 0 radical (unpaired) electrons. The van der Waals surface area contributed by atoms with Gasteiger partial charge in [0.25, 0.3) is 0 Å². The van der Waals surface area contributed by atoms with Crippen LogP contribution < -0.4 is 11.1 Å². The lowest BCUT2D eigenvalue weighted by Crippen LogP contribution is -2.14. The van der Waals surface area contributed by atoms with Crippen molar-refractivity contribution in [3.05, 3.63) is 36.8 Å². The molecule has 3 N–H and O–H groups in total. The Morgan fingerprint density at radius 3 is 2.75 bits per heavy atom. The minimum absolute atomic E-state index is 0.0298. The average Bonchev–Trinajstić information content (AvgIpc) is 3.01. The number of aromatic nitrogens is 4. The van der Waals surface area contributed by atoms with Crippen molar-refractivity contribution in [2.45, 2.75) is 26.7 Å². The number of rotatable bonds is 5. The van der Waals surface area contributed by atoms with Crippen molar-refractivity contribution in [1.29, 1.82) is 0 Å². The van der Waals surface area contributed by atoms with Gasteiger partial charge in [0.2, 0.25) is 5.91 Å². The van der Waals surface area contributed by atoms with Gasteiger partial charge in [-0.25, -0.2) is 14.6 Å². The minimum Gasteiger partial charge on any atom is -0.383 e. The van der Waals surface area contributed by atoms with Crippen molar-refractivity contribution in [3.8, 4) is 5.69 Å². The molecule has 1 aromatic carbocycles. The van der Waals surface area contributed by atoms with E-state index in [1.807, 2.05) is 24.3 Å². The summed E-state index contributed by atoms with van der Waals surface area (Å²) in [6.07, 6.45) is 4.58. The van der Waals surface area contributed by atoms with Crippen molar-refractivity contribution >= 4 is 28.4 Å². The maximum Gasteiger partial charge on any atom is 0.224 e. The van der Waals surface area contributed by atoms with Crippen molar-refractivity contribution < 1.29 is 4.79 Å². The average molecular weight is 324 g/mol. The number of fused-ring (bicyclic) bond motifs is 1. The molecule has 0 aliphatic heterocycles. The van der Waals surface area contributed by atoms with Crippen LogP contribution in [0.25, 0.3) is 16.7 Å². The fourth-order valence-electron chi connectivity index (χ4n) is 2.41. The van der Waals surface area contributed by atoms with Gasteiger partial charge in [-0.05, 0) is 30.2 Å². The first-order valence-electron chi connectivity index (χ1n) is 7.93. The zero-order valence-corrected chi connectivity index (χ0v) is 13.7. The zero-order valence-electron chi connectivity index (χ0n) is 13.7. The molecule has 2 heterocycles. The molecule has 3 aromatic rings. The number of hydrogen-bond acceptors (Lipinski definition) is 5. The van der Waals surface area contributed by atoms with E-state index in [2.05, 4.69) is 34.2 Å². The third kappa shape index (κ3) is 3.19. The summed E-state index contributed by atoms with van der Waals surface area (Å²) in [6, 6.07) is 7.46. The number of nitrogens with one attached hydrogen (secondary N) is 1. The normalized spacial score (nSPS) is 12.2. The first kappa shape index (κ1) is 15.9. The Kier molecular flexibility index (Phi) is 4.41. The van der Waals surface area contributed by atoms with Crippen LogP contribution in [-0.4, -0.2) is 25.7 Å². The highest BCUT2D eigenvalue weighted by Gasteiger charge is 2.10. The lowest BCUT2D eigenvalue weighted by Gasteiger charge is -2.10. The summed E-state index contributed by atoms with van der Waals surface area (Å²) in [5.41, 5.74) is 8.07. The molecule has 0 bridgehead atoms. The first-order valence-corrected chi connectivity index (χ1v) is 7.93. The van der Waals surface area contributed by atoms with Gasteiger partial charge in [-0.1, -0.05) is 20.3 Å². The topological polar surface area (TPSA) is 98.7 Å². The molecule has 0 aliphatic rings. The van der Waals surface area contributed by atoms with Crippen LogP contribution in [0.4, 0.5) is 11.5 Å². The minimum atomic E-state index is 0.0298. The number of carbonyl (C=O) groups excluding carboxylic acids is 1. The quantitative estimate of drug-likeness (QED) is 0.752. The monoisotopic (exact) mass is 324 g/mol. The van der Waals surface area contributed by atoms with Gasteiger partial charge >= 0.3 is 0 Å². The lowest BCUT2D eigenvalue weighted by molar-refractivity contribution is -0.117. The number of hydrogen-bond donors (Lipinski definition) is 2. The van der Waals surface area contributed by atoms with Crippen molar-refractivity contribution in [2.24, 2.45) is 5.92 Å². The smallest absolute Gasteiger partial charge is 0.224 e. The van der Waals surface area contributed by atoms with Crippen LogP contribution in [0, 0.1) is 5.92 Å². The molecule has 1 amide bonds. The Labute approximate surface area is 139 Å². The van der Waals surface area contributed by atoms with Gasteiger partial charge in [0.1, 0.15) is 12.1 Å². The third-order valence-corrected chi connectivity index (χ3v) is 4.02. The van der Waals surface area contributed by atoms with Crippen LogP contribution in [0.15, 0.2) is 36.8 Å². The Morgan fingerprint density at radius 2 is 2.04 bits per heavy atom. The number of nitrogens with zero attached hydrogens (tertiary/aromatic N) is 4. The fourth-order valence-corrected chi connectivity index (χ4v) is 2.41. The Hall–Kier alpha value is -2.96. The molecule has 1 atom stereocenters. The van der Waals surface area contributed by atoms with E-state index in [1.54, 1.807) is 10.9 Å². The molecular formula is C17H20N6O. The molecule has 7 heteroatoms. The van der Waals surface area contributed by atoms with E-state index in [4.69, 9.17) is 5.73 Å². The summed E-state index contributed by atoms with van der Waals surface area (Å²) in [7, 11) is 0. The Balaban J connectivity index is 1.79. The van der Waals surface area contributed by atoms with Crippen LogP contribution >= 0.6 is 0 Å². The summed E-state index contributed by atoms with van der Waals surface area (Å²) in [4.78, 5) is 20.1. The third-order valence-electron chi connectivity index (χ3n) is 4.02. The number of benzene rings is 1. The maximum atomic E-state index is 11.9. The van der Waals surface area contributed by atoms with Crippen molar-refractivity contribution in [1.82, 2.24) is 19.7 Å². The molecule has 1 unspecified atom stereocenters. The largest absolute Gasteiger partial charge is 0.383 e. The number of anilines is 2. The summed E-state index contributed by atoms with van der Waals surface area (Å²) in [5.74, 6) is 0.812. The molecule has 7 nitrogen and oxygen atoms in total. The second kappa shape index (κ2) is 6.66. The summed E-state index contributed by atoms with van der Waals surface area (Å²) >= 11 is 0. The molecule has 2 aromatic heterocycles. The van der Waals surface area contributed by atoms with Crippen LogP contribution in [0.5, 0.6) is 0 Å².